The summed E-state index contributed by atoms with van der Waals surface area (Å²) in [5.74, 6) is 0.654. The number of aliphatic hydroxyl groups excluding tert-OH is 3. The second kappa shape index (κ2) is 8.39. The topological polar surface area (TPSA) is 96.2 Å². The number of rotatable bonds is 5. The highest BCUT2D eigenvalue weighted by atomic mass is 16.7. The van der Waals surface area contributed by atoms with Crippen molar-refractivity contribution >= 4 is 6.29 Å². The number of aliphatic hydroxyl groups is 3. The van der Waals surface area contributed by atoms with Crippen LogP contribution < -0.4 is 0 Å². The molecule has 0 radical (unpaired) electrons. The van der Waals surface area contributed by atoms with Crippen LogP contribution in [-0.4, -0.2) is 52.8 Å². The smallest absolute Gasteiger partial charge is 0.229 e. The van der Waals surface area contributed by atoms with Gasteiger partial charge in [-0.05, 0) is 67.3 Å². The third kappa shape index (κ3) is 3.79. The van der Waals surface area contributed by atoms with E-state index in [4.69, 9.17) is 9.47 Å². The van der Waals surface area contributed by atoms with Gasteiger partial charge in [0, 0.05) is 5.41 Å². The van der Waals surface area contributed by atoms with Crippen molar-refractivity contribution in [3.05, 3.63) is 36.1 Å². The van der Waals surface area contributed by atoms with E-state index in [1.165, 1.54) is 11.6 Å². The highest BCUT2D eigenvalue weighted by Gasteiger charge is 2.58. The van der Waals surface area contributed by atoms with Crippen LogP contribution in [0, 0.1) is 28.1 Å². The molecule has 0 aromatic heterocycles. The van der Waals surface area contributed by atoms with Crippen LogP contribution in [0.4, 0.5) is 0 Å². The standard InChI is InChI=1S/C26H38O6/c1-5-24(2)10-8-18-16(13-24)6-7-20-25(18,3)11-9-21(29)26(20,4)15-31-23-22(30)19(28)12-17(14-27)32-23/h5-6,12,14,18-23,28-30H,1,7-11,13,15H2,2-4H3. The lowest BCUT2D eigenvalue weighted by Crippen LogP contribution is -2.58. The molecule has 0 aromatic rings. The van der Waals surface area contributed by atoms with E-state index in [0.717, 1.165) is 32.1 Å². The van der Waals surface area contributed by atoms with E-state index in [0.29, 0.717) is 18.6 Å². The van der Waals surface area contributed by atoms with Crippen molar-refractivity contribution in [1.82, 2.24) is 0 Å². The van der Waals surface area contributed by atoms with Crippen molar-refractivity contribution in [2.45, 2.75) is 83.9 Å². The Morgan fingerprint density at radius 3 is 2.66 bits per heavy atom. The Bertz CT molecular complexity index is 819. The minimum atomic E-state index is -1.29. The Morgan fingerprint density at radius 2 is 1.97 bits per heavy atom. The second-order valence-electron chi connectivity index (χ2n) is 11.2. The molecule has 2 fully saturated rings. The van der Waals surface area contributed by atoms with Gasteiger partial charge in [-0.2, -0.15) is 0 Å². The van der Waals surface area contributed by atoms with Crippen LogP contribution in [0.5, 0.6) is 0 Å². The molecule has 178 valence electrons. The predicted octanol–water partition coefficient (Wildman–Crippen LogP) is 3.27. The summed E-state index contributed by atoms with van der Waals surface area (Å²) in [6, 6.07) is 0. The van der Waals surface area contributed by atoms with Crippen LogP contribution in [-0.2, 0) is 14.3 Å². The molecule has 3 aliphatic carbocycles. The lowest BCUT2D eigenvalue weighted by atomic mass is 9.45. The van der Waals surface area contributed by atoms with Gasteiger partial charge in [0.05, 0.1) is 12.7 Å². The number of aldehydes is 1. The molecular weight excluding hydrogens is 408 g/mol. The summed E-state index contributed by atoms with van der Waals surface area (Å²) in [5, 5.41) is 31.4. The summed E-state index contributed by atoms with van der Waals surface area (Å²) in [5.41, 5.74) is 1.21. The third-order valence-electron chi connectivity index (χ3n) is 9.16. The van der Waals surface area contributed by atoms with Crippen molar-refractivity contribution in [2.24, 2.45) is 28.1 Å². The Morgan fingerprint density at radius 1 is 1.22 bits per heavy atom. The van der Waals surface area contributed by atoms with Crippen molar-refractivity contribution in [3.63, 3.8) is 0 Å². The first-order valence-corrected chi connectivity index (χ1v) is 11.9. The first-order valence-electron chi connectivity index (χ1n) is 11.9. The number of ether oxygens (including phenoxy) is 2. The van der Waals surface area contributed by atoms with Crippen molar-refractivity contribution in [3.8, 4) is 0 Å². The zero-order valence-corrected chi connectivity index (χ0v) is 19.5. The number of carbonyl (C=O) groups excluding carboxylic acids is 1. The third-order valence-corrected chi connectivity index (χ3v) is 9.16. The molecule has 4 aliphatic rings. The fraction of sp³-hybridized carbons (Fsp3) is 0.731. The number of allylic oxidation sites excluding steroid dienone is 4. The maximum atomic E-state index is 11.1. The number of carbonyl (C=O) groups is 1. The van der Waals surface area contributed by atoms with Crippen LogP contribution in [0.3, 0.4) is 0 Å². The number of hydrogen-bond donors (Lipinski definition) is 3. The van der Waals surface area contributed by atoms with E-state index >= 15 is 0 Å². The highest BCUT2D eigenvalue weighted by molar-refractivity contribution is 5.70. The minimum absolute atomic E-state index is 0.0512. The largest absolute Gasteiger partial charge is 0.459 e. The van der Waals surface area contributed by atoms with Gasteiger partial charge in [0.15, 0.2) is 12.0 Å². The minimum Gasteiger partial charge on any atom is -0.459 e. The maximum Gasteiger partial charge on any atom is 0.229 e. The van der Waals surface area contributed by atoms with Crippen LogP contribution in [0.1, 0.15) is 59.3 Å². The van der Waals surface area contributed by atoms with Crippen LogP contribution in [0.15, 0.2) is 36.1 Å². The molecule has 4 rings (SSSR count). The molecule has 6 heteroatoms. The van der Waals surface area contributed by atoms with E-state index in [2.05, 4.69) is 39.5 Å². The fourth-order valence-corrected chi connectivity index (χ4v) is 6.97. The molecule has 0 spiro atoms. The molecule has 3 N–H and O–H groups in total. The van der Waals surface area contributed by atoms with Crippen LogP contribution in [0.2, 0.25) is 0 Å². The lowest BCUT2D eigenvalue weighted by Gasteiger charge is -2.61. The normalized spacial score (nSPS) is 48.4. The zero-order valence-electron chi connectivity index (χ0n) is 19.5. The van der Waals surface area contributed by atoms with E-state index < -0.39 is 30.0 Å². The molecule has 9 unspecified atom stereocenters. The van der Waals surface area contributed by atoms with Gasteiger partial charge in [-0.25, -0.2) is 0 Å². The summed E-state index contributed by atoms with van der Waals surface area (Å²) in [6.45, 7) is 11.0. The van der Waals surface area contributed by atoms with Gasteiger partial charge in [0.25, 0.3) is 0 Å². The fourth-order valence-electron chi connectivity index (χ4n) is 6.97. The van der Waals surface area contributed by atoms with Crippen molar-refractivity contribution in [1.29, 1.82) is 0 Å². The molecule has 0 saturated heterocycles. The summed E-state index contributed by atoms with van der Waals surface area (Å²) < 4.78 is 11.4. The molecular formula is C26H38O6. The van der Waals surface area contributed by atoms with Gasteiger partial charge >= 0.3 is 0 Å². The Balaban J connectivity index is 1.56. The van der Waals surface area contributed by atoms with Gasteiger partial charge in [0.2, 0.25) is 6.29 Å². The second-order valence-corrected chi connectivity index (χ2v) is 11.2. The lowest BCUT2D eigenvalue weighted by molar-refractivity contribution is -0.237. The van der Waals surface area contributed by atoms with Crippen LogP contribution in [0.25, 0.3) is 0 Å². The number of hydrogen-bond acceptors (Lipinski definition) is 6. The predicted molar refractivity (Wildman–Crippen MR) is 120 cm³/mol. The summed E-state index contributed by atoms with van der Waals surface area (Å²) >= 11 is 0. The van der Waals surface area contributed by atoms with Crippen molar-refractivity contribution in [2.75, 3.05) is 6.61 Å². The Hall–Kier alpha value is -1.47. The molecule has 32 heavy (non-hydrogen) atoms. The number of fused-ring (bicyclic) bond motifs is 3. The molecule has 9 atom stereocenters. The molecule has 0 bridgehead atoms. The monoisotopic (exact) mass is 446 g/mol. The van der Waals surface area contributed by atoms with E-state index in [9.17, 15) is 20.1 Å². The van der Waals surface area contributed by atoms with Gasteiger partial charge in [0.1, 0.15) is 12.2 Å². The first kappa shape index (κ1) is 23.7. The molecule has 2 saturated carbocycles. The van der Waals surface area contributed by atoms with E-state index in [1.54, 1.807) is 0 Å². The highest BCUT2D eigenvalue weighted by Crippen LogP contribution is 2.63. The average molecular weight is 447 g/mol. The van der Waals surface area contributed by atoms with E-state index in [-0.39, 0.29) is 29.1 Å². The summed E-state index contributed by atoms with van der Waals surface area (Å²) in [7, 11) is 0. The van der Waals surface area contributed by atoms with Gasteiger partial charge < -0.3 is 24.8 Å². The molecule has 6 nitrogen and oxygen atoms in total. The summed E-state index contributed by atoms with van der Waals surface area (Å²) in [6.07, 6.45) is 7.81. The zero-order chi connectivity index (χ0) is 23.3. The van der Waals surface area contributed by atoms with Gasteiger partial charge in [-0.15, -0.1) is 6.58 Å². The SMILES string of the molecule is C=CC1(C)CCC2C(=CCC3C(C)(COC4OC(C=O)=CC(O)C4O)C(O)CCC23C)C1. The molecule has 1 aliphatic heterocycles. The van der Waals surface area contributed by atoms with Gasteiger partial charge in [-0.3, -0.25) is 4.79 Å². The Kier molecular flexibility index (Phi) is 6.21. The maximum absolute atomic E-state index is 11.1. The quantitative estimate of drug-likeness (QED) is 0.443. The first-order chi connectivity index (χ1) is 15.1. The van der Waals surface area contributed by atoms with E-state index in [1.807, 2.05) is 0 Å². The van der Waals surface area contributed by atoms with Gasteiger partial charge in [-0.1, -0.05) is 38.5 Å². The molecule has 0 aromatic carbocycles. The molecule has 1 heterocycles. The van der Waals surface area contributed by atoms with Crippen molar-refractivity contribution < 1.29 is 29.6 Å². The summed E-state index contributed by atoms with van der Waals surface area (Å²) in [4.78, 5) is 11.1. The molecule has 0 amide bonds. The Labute approximate surface area is 191 Å². The average Bonchev–Trinajstić information content (AvgIpc) is 2.77. The van der Waals surface area contributed by atoms with Crippen LogP contribution >= 0.6 is 0 Å².